The van der Waals surface area contributed by atoms with Crippen molar-refractivity contribution in [2.45, 2.75) is 5.92 Å². The molecule has 23 heavy (non-hydrogen) atoms. The third kappa shape index (κ3) is 3.50. The van der Waals surface area contributed by atoms with Crippen molar-refractivity contribution in [3.05, 3.63) is 71.5 Å². The molecule has 0 aliphatic rings. The van der Waals surface area contributed by atoms with Gasteiger partial charge in [-0.1, -0.05) is 29.8 Å². The number of anilines is 1. The number of pyridine rings is 1. The molecule has 0 spiro atoms. The van der Waals surface area contributed by atoms with Gasteiger partial charge in [-0.15, -0.1) is 0 Å². The normalized spacial score (nSPS) is 12.1. The lowest BCUT2D eigenvalue weighted by atomic mass is 9.98. The molecule has 0 radical (unpaired) electrons. The molecule has 116 valence electrons. The molecule has 1 aromatic heterocycles. The highest BCUT2D eigenvalue weighted by molar-refractivity contribution is 6.30. The molecule has 4 nitrogen and oxygen atoms in total. The van der Waals surface area contributed by atoms with Gasteiger partial charge in [0.15, 0.2) is 0 Å². The van der Waals surface area contributed by atoms with Crippen LogP contribution in [0.3, 0.4) is 0 Å². The molecule has 1 amide bonds. The zero-order chi connectivity index (χ0) is 16.2. The van der Waals surface area contributed by atoms with Crippen LogP contribution in [-0.4, -0.2) is 17.4 Å². The van der Waals surface area contributed by atoms with E-state index in [1.807, 2.05) is 36.4 Å². The van der Waals surface area contributed by atoms with Crippen LogP contribution in [0.5, 0.6) is 0 Å². The smallest absolute Gasteiger partial charge is 0.233 e. The quantitative estimate of drug-likeness (QED) is 0.770. The van der Waals surface area contributed by atoms with Gasteiger partial charge in [0.2, 0.25) is 5.91 Å². The van der Waals surface area contributed by atoms with Crippen molar-refractivity contribution in [3.63, 3.8) is 0 Å². The third-order valence-electron chi connectivity index (χ3n) is 3.73. The van der Waals surface area contributed by atoms with Gasteiger partial charge in [0.05, 0.1) is 5.92 Å². The average Bonchev–Trinajstić information content (AvgIpc) is 2.57. The van der Waals surface area contributed by atoms with E-state index in [0.29, 0.717) is 5.02 Å². The van der Waals surface area contributed by atoms with E-state index in [1.165, 1.54) is 0 Å². The highest BCUT2D eigenvalue weighted by atomic mass is 35.5. The lowest BCUT2D eigenvalue weighted by Crippen LogP contribution is -2.27. The van der Waals surface area contributed by atoms with Crippen LogP contribution in [0.4, 0.5) is 5.69 Å². The molecule has 5 heteroatoms. The number of nitrogens with two attached hydrogens (primary N) is 1. The summed E-state index contributed by atoms with van der Waals surface area (Å²) in [5.41, 5.74) is 7.37. The highest BCUT2D eigenvalue weighted by Crippen LogP contribution is 2.22. The van der Waals surface area contributed by atoms with E-state index >= 15 is 0 Å². The molecule has 0 aliphatic heterocycles. The fourth-order valence-electron chi connectivity index (χ4n) is 2.48. The summed E-state index contributed by atoms with van der Waals surface area (Å²) < 4.78 is 0. The molecule has 1 heterocycles. The second-order valence-corrected chi connectivity index (χ2v) is 5.70. The van der Waals surface area contributed by atoms with Crippen molar-refractivity contribution in [2.75, 3.05) is 11.9 Å². The molecular formula is C18H16ClN3O. The van der Waals surface area contributed by atoms with Crippen molar-refractivity contribution in [1.29, 1.82) is 0 Å². The van der Waals surface area contributed by atoms with Gasteiger partial charge >= 0.3 is 0 Å². The summed E-state index contributed by atoms with van der Waals surface area (Å²) in [5.74, 6) is -0.552. The van der Waals surface area contributed by atoms with Crippen LogP contribution in [0.15, 0.2) is 60.9 Å². The highest BCUT2D eigenvalue weighted by Gasteiger charge is 2.19. The number of hydrogen-bond donors (Lipinski definition) is 2. The van der Waals surface area contributed by atoms with Crippen LogP contribution >= 0.6 is 11.6 Å². The van der Waals surface area contributed by atoms with Crippen LogP contribution in [-0.2, 0) is 4.79 Å². The number of halogens is 1. The Morgan fingerprint density at radius 1 is 1.13 bits per heavy atom. The summed E-state index contributed by atoms with van der Waals surface area (Å²) in [6, 6.07) is 14.8. The number of benzene rings is 2. The molecule has 1 atom stereocenters. The van der Waals surface area contributed by atoms with E-state index in [9.17, 15) is 4.79 Å². The van der Waals surface area contributed by atoms with Gasteiger partial charge in [-0.3, -0.25) is 9.78 Å². The number of nitrogens with one attached hydrogen (secondary N) is 1. The summed E-state index contributed by atoms with van der Waals surface area (Å²) in [5, 5.41) is 5.61. The number of hydrogen-bond acceptors (Lipinski definition) is 3. The Morgan fingerprint density at radius 2 is 1.91 bits per heavy atom. The molecule has 3 rings (SSSR count). The third-order valence-corrected chi connectivity index (χ3v) is 3.98. The Bertz CT molecular complexity index is 833. The molecule has 1 unspecified atom stereocenters. The molecule has 3 N–H and O–H groups in total. The number of amides is 1. The van der Waals surface area contributed by atoms with Crippen molar-refractivity contribution in [3.8, 4) is 0 Å². The van der Waals surface area contributed by atoms with E-state index in [1.54, 1.807) is 24.5 Å². The van der Waals surface area contributed by atoms with Crippen molar-refractivity contribution in [2.24, 2.45) is 5.73 Å². The first kappa shape index (κ1) is 15.5. The Kier molecular flexibility index (Phi) is 4.55. The minimum absolute atomic E-state index is 0.136. The second-order valence-electron chi connectivity index (χ2n) is 5.27. The van der Waals surface area contributed by atoms with Gasteiger partial charge in [-0.2, -0.15) is 0 Å². The minimum Gasteiger partial charge on any atom is -0.329 e. The lowest BCUT2D eigenvalue weighted by Gasteiger charge is -2.15. The largest absolute Gasteiger partial charge is 0.329 e. The first-order chi connectivity index (χ1) is 11.2. The summed E-state index contributed by atoms with van der Waals surface area (Å²) in [6.07, 6.45) is 3.52. The van der Waals surface area contributed by atoms with Crippen molar-refractivity contribution in [1.82, 2.24) is 4.98 Å². The molecule has 0 saturated carbocycles. The summed E-state index contributed by atoms with van der Waals surface area (Å²) in [6.45, 7) is 0.227. The fourth-order valence-corrected chi connectivity index (χ4v) is 2.61. The summed E-state index contributed by atoms with van der Waals surface area (Å²) >= 11 is 5.89. The number of fused-ring (bicyclic) bond motifs is 1. The Labute approximate surface area is 139 Å². The fraction of sp³-hybridized carbons (Fsp3) is 0.111. The van der Waals surface area contributed by atoms with Gasteiger partial charge in [0.25, 0.3) is 0 Å². The van der Waals surface area contributed by atoms with Gasteiger partial charge in [0, 0.05) is 35.0 Å². The molecule has 0 saturated heterocycles. The lowest BCUT2D eigenvalue weighted by molar-refractivity contribution is -0.117. The number of aromatic nitrogens is 1. The summed E-state index contributed by atoms with van der Waals surface area (Å²) in [7, 11) is 0. The zero-order valence-electron chi connectivity index (χ0n) is 12.4. The zero-order valence-corrected chi connectivity index (χ0v) is 13.1. The molecule has 3 aromatic rings. The van der Waals surface area contributed by atoms with Crippen LogP contribution < -0.4 is 11.1 Å². The van der Waals surface area contributed by atoms with Crippen LogP contribution in [0.2, 0.25) is 5.02 Å². The Hall–Kier alpha value is -2.43. The summed E-state index contributed by atoms with van der Waals surface area (Å²) in [4.78, 5) is 16.6. The Morgan fingerprint density at radius 3 is 2.65 bits per heavy atom. The van der Waals surface area contributed by atoms with Gasteiger partial charge in [-0.05, 0) is 41.3 Å². The maximum absolute atomic E-state index is 12.5. The van der Waals surface area contributed by atoms with Crippen LogP contribution in [0, 0.1) is 0 Å². The monoisotopic (exact) mass is 325 g/mol. The molecule has 0 fully saturated rings. The molecular weight excluding hydrogens is 310 g/mol. The van der Waals surface area contributed by atoms with Gasteiger partial charge < -0.3 is 11.1 Å². The molecule has 0 aliphatic carbocycles. The van der Waals surface area contributed by atoms with Gasteiger partial charge in [0.1, 0.15) is 0 Å². The number of nitrogens with zero attached hydrogens (tertiary/aromatic N) is 1. The van der Waals surface area contributed by atoms with E-state index < -0.39 is 5.92 Å². The standard InChI is InChI=1S/C18H16ClN3O/c19-15-4-1-12(2-5-15)17(10-20)18(23)22-16-6-3-14-11-21-8-7-13(14)9-16/h1-9,11,17H,10,20H2,(H,22,23). The number of carbonyl (C=O) groups excluding carboxylic acids is 1. The number of rotatable bonds is 4. The minimum atomic E-state index is -0.416. The number of carbonyl (C=O) groups is 1. The van der Waals surface area contributed by atoms with Crippen LogP contribution in [0.25, 0.3) is 10.8 Å². The Balaban J connectivity index is 1.81. The second kappa shape index (κ2) is 6.77. The first-order valence-corrected chi connectivity index (χ1v) is 7.65. The SMILES string of the molecule is NCC(C(=O)Nc1ccc2cnccc2c1)c1ccc(Cl)cc1. The predicted octanol–water partition coefficient (Wildman–Crippen LogP) is 3.57. The van der Waals surface area contributed by atoms with E-state index in [4.69, 9.17) is 17.3 Å². The molecule has 0 bridgehead atoms. The first-order valence-electron chi connectivity index (χ1n) is 7.27. The van der Waals surface area contributed by atoms with E-state index in [0.717, 1.165) is 22.0 Å². The predicted molar refractivity (Wildman–Crippen MR) is 93.6 cm³/mol. The van der Waals surface area contributed by atoms with Gasteiger partial charge in [-0.25, -0.2) is 0 Å². The maximum atomic E-state index is 12.5. The molecule has 2 aromatic carbocycles. The maximum Gasteiger partial charge on any atom is 0.233 e. The van der Waals surface area contributed by atoms with E-state index in [-0.39, 0.29) is 12.5 Å². The van der Waals surface area contributed by atoms with Crippen LogP contribution in [0.1, 0.15) is 11.5 Å². The van der Waals surface area contributed by atoms with E-state index in [2.05, 4.69) is 10.3 Å². The van der Waals surface area contributed by atoms with Crippen molar-refractivity contribution >= 4 is 34.0 Å². The average molecular weight is 326 g/mol. The topological polar surface area (TPSA) is 68.0 Å². The van der Waals surface area contributed by atoms with Crippen molar-refractivity contribution < 1.29 is 4.79 Å².